The molecule has 4 heterocycles. The van der Waals surface area contributed by atoms with Crippen LogP contribution in [0.4, 0.5) is 0 Å². The van der Waals surface area contributed by atoms with Crippen LogP contribution in [0.1, 0.15) is 26.7 Å². The highest BCUT2D eigenvalue weighted by molar-refractivity contribution is 7.86. The monoisotopic (exact) mass is 670 g/mol. The Morgan fingerprint density at radius 1 is 0.841 bits per heavy atom. The maximum Gasteiger partial charge on any atom is 0.264 e. The Bertz CT molecular complexity index is 1440. The number of hydrogen-bond donors (Lipinski definition) is 4. The summed E-state index contributed by atoms with van der Waals surface area (Å²) in [5, 5.41) is 39.8. The highest BCUT2D eigenvalue weighted by atomic mass is 32.2. The van der Waals surface area contributed by atoms with E-state index in [0.29, 0.717) is 0 Å². The molecular weight excluding hydrogens is 636 g/mol. The lowest BCUT2D eigenvalue weighted by Gasteiger charge is -2.35. The molecule has 2 amide bonds. The van der Waals surface area contributed by atoms with E-state index in [4.69, 9.17) is 18.8 Å². The van der Waals surface area contributed by atoms with E-state index in [1.165, 1.54) is 26.1 Å². The summed E-state index contributed by atoms with van der Waals surface area (Å²) in [6.45, 7) is 1.37. The van der Waals surface area contributed by atoms with Crippen molar-refractivity contribution in [3.05, 3.63) is 24.6 Å². The van der Waals surface area contributed by atoms with Crippen molar-refractivity contribution in [2.24, 2.45) is 0 Å². The molecule has 0 radical (unpaired) electrons. The molecule has 18 nitrogen and oxygen atoms in total. The Kier molecular flexibility index (Phi) is 10.6. The average molecular weight is 671 g/mol. The van der Waals surface area contributed by atoms with Crippen molar-refractivity contribution in [3.8, 4) is 0 Å². The van der Waals surface area contributed by atoms with Gasteiger partial charge in [0.15, 0.2) is 24.0 Å². The van der Waals surface area contributed by atoms with Gasteiger partial charge in [0.2, 0.25) is 11.8 Å². The lowest BCUT2D eigenvalue weighted by atomic mass is 9.95. The minimum atomic E-state index is -4.06. The van der Waals surface area contributed by atoms with Crippen LogP contribution >= 0.6 is 0 Å². The molecule has 4 rings (SSSR count). The van der Waals surface area contributed by atoms with Crippen molar-refractivity contribution in [2.75, 3.05) is 25.7 Å². The molecule has 0 spiro atoms. The first-order valence-corrected chi connectivity index (χ1v) is 16.5. The van der Waals surface area contributed by atoms with Crippen LogP contribution in [-0.4, -0.2) is 144 Å². The smallest absolute Gasteiger partial charge is 0.264 e. The molecule has 0 aromatic carbocycles. The standard InChI is InChI=1S/C13H19NO10S2.C11H15NO6/c1-13(17)11(24-26(3,20)21)9(7-22-25(2,18)19)23-12(13)14-5-4-8(15)6-10(14)16;1-11(17)9(16)7(5-13)18-10(11)12-3-2-6(14)4-8(12)15/h4-5,9,11-12,17H,6-7H2,1-3H3;2-3,7,9-10,13,16-17H,4-5H2,1H3/t9-,11-,12-,13+;7-,9-,10-,11+/m11/s1. The predicted molar refractivity (Wildman–Crippen MR) is 143 cm³/mol. The molecule has 4 aliphatic heterocycles. The fourth-order valence-corrected chi connectivity index (χ4v) is 5.88. The van der Waals surface area contributed by atoms with E-state index in [-0.39, 0.29) is 12.2 Å². The van der Waals surface area contributed by atoms with E-state index in [0.717, 1.165) is 34.6 Å². The van der Waals surface area contributed by atoms with Crippen LogP contribution in [0.3, 0.4) is 0 Å². The normalized spacial score (nSPS) is 36.2. The van der Waals surface area contributed by atoms with Crippen molar-refractivity contribution in [1.82, 2.24) is 9.80 Å². The summed E-state index contributed by atoms with van der Waals surface area (Å²) in [6.07, 6.45) is -2.28. The number of aliphatic hydroxyl groups excluding tert-OH is 2. The van der Waals surface area contributed by atoms with Crippen molar-refractivity contribution in [1.29, 1.82) is 0 Å². The van der Waals surface area contributed by atoms with Gasteiger partial charge in [0.25, 0.3) is 20.2 Å². The summed E-state index contributed by atoms with van der Waals surface area (Å²) in [5.41, 5.74) is -3.76. The molecule has 20 heteroatoms. The third-order valence-electron chi connectivity index (χ3n) is 6.95. The molecule has 4 N–H and O–H groups in total. The zero-order valence-corrected chi connectivity index (χ0v) is 25.6. The van der Waals surface area contributed by atoms with Gasteiger partial charge in [0.1, 0.15) is 35.6 Å². The first-order chi connectivity index (χ1) is 20.1. The molecular formula is C24H34N2O16S2. The number of aliphatic hydroxyl groups is 4. The number of nitrogens with zero attached hydrogens (tertiary/aromatic N) is 2. The molecule has 248 valence electrons. The lowest BCUT2D eigenvalue weighted by Crippen LogP contribution is -2.55. The fourth-order valence-electron chi connectivity index (χ4n) is 4.80. The molecule has 0 bridgehead atoms. The maximum atomic E-state index is 12.1. The van der Waals surface area contributed by atoms with Crippen LogP contribution in [0.5, 0.6) is 0 Å². The largest absolute Gasteiger partial charge is 0.394 e. The highest BCUT2D eigenvalue weighted by Crippen LogP contribution is 2.37. The number of carbonyl (C=O) groups is 4. The topological polar surface area (TPSA) is 261 Å². The summed E-state index contributed by atoms with van der Waals surface area (Å²) in [6, 6.07) is 0. The van der Waals surface area contributed by atoms with Gasteiger partial charge in [-0.05, 0) is 26.0 Å². The van der Waals surface area contributed by atoms with Gasteiger partial charge in [-0.15, -0.1) is 0 Å². The fraction of sp³-hybridized carbons (Fsp3) is 0.667. The van der Waals surface area contributed by atoms with Gasteiger partial charge in [-0.1, -0.05) is 0 Å². The van der Waals surface area contributed by atoms with Gasteiger partial charge < -0.3 is 29.9 Å². The second kappa shape index (κ2) is 13.0. The van der Waals surface area contributed by atoms with E-state index >= 15 is 0 Å². The molecule has 44 heavy (non-hydrogen) atoms. The predicted octanol–water partition coefficient (Wildman–Crippen LogP) is -3.77. The lowest BCUT2D eigenvalue weighted by molar-refractivity contribution is -0.158. The second-order valence-corrected chi connectivity index (χ2v) is 14.1. The molecule has 0 saturated carbocycles. The van der Waals surface area contributed by atoms with Crippen molar-refractivity contribution in [3.63, 3.8) is 0 Å². The van der Waals surface area contributed by atoms with Crippen molar-refractivity contribution < 1.29 is 74.3 Å². The first-order valence-electron chi connectivity index (χ1n) is 12.9. The van der Waals surface area contributed by atoms with E-state index < -0.39 is 106 Å². The third kappa shape index (κ3) is 8.13. The zero-order valence-electron chi connectivity index (χ0n) is 24.0. The number of ether oxygens (including phenoxy) is 2. The van der Waals surface area contributed by atoms with E-state index in [2.05, 4.69) is 4.18 Å². The van der Waals surface area contributed by atoms with Gasteiger partial charge in [-0.3, -0.25) is 37.3 Å². The van der Waals surface area contributed by atoms with Crippen LogP contribution < -0.4 is 0 Å². The Morgan fingerprint density at radius 3 is 1.68 bits per heavy atom. The number of carbonyl (C=O) groups excluding carboxylic acids is 4. The Balaban J connectivity index is 0.000000257. The maximum absolute atomic E-state index is 12.1. The van der Waals surface area contributed by atoms with Gasteiger partial charge >= 0.3 is 0 Å². The molecule has 0 aromatic heterocycles. The van der Waals surface area contributed by atoms with Gasteiger partial charge in [0.05, 0.1) is 38.6 Å². The van der Waals surface area contributed by atoms with Crippen molar-refractivity contribution in [2.45, 2.75) is 74.8 Å². The highest BCUT2D eigenvalue weighted by Gasteiger charge is 2.58. The molecule has 0 unspecified atom stereocenters. The van der Waals surface area contributed by atoms with E-state index in [1.807, 2.05) is 0 Å². The third-order valence-corrected chi connectivity index (χ3v) is 8.07. The minimum Gasteiger partial charge on any atom is -0.394 e. The zero-order chi connectivity index (χ0) is 33.4. The number of ketones is 2. The summed E-state index contributed by atoms with van der Waals surface area (Å²) in [4.78, 5) is 48.1. The quantitative estimate of drug-likeness (QED) is 0.143. The second-order valence-electron chi connectivity index (χ2n) is 10.9. The number of allylic oxidation sites excluding steroid dienone is 2. The SMILES string of the molecule is C[C@]1(O)[C@H](O)[C@@H](CO)O[C@H]1N1C=CC(=O)CC1=O.C[C@]1(O)[C@H](OS(C)(=O)=O)[C@@H](COS(C)(=O)=O)O[C@H]1N1C=CC(=O)CC1=O. The van der Waals surface area contributed by atoms with Crippen LogP contribution in [0.2, 0.25) is 0 Å². The van der Waals surface area contributed by atoms with Crippen LogP contribution in [0.15, 0.2) is 24.6 Å². The van der Waals surface area contributed by atoms with Gasteiger partial charge in [-0.25, -0.2) is 0 Å². The summed E-state index contributed by atoms with van der Waals surface area (Å²) in [7, 11) is -7.94. The number of hydrogen-bond acceptors (Lipinski definition) is 16. The van der Waals surface area contributed by atoms with Gasteiger partial charge in [-0.2, -0.15) is 16.8 Å². The minimum absolute atomic E-state index is 0.299. The van der Waals surface area contributed by atoms with Gasteiger partial charge in [0, 0.05) is 12.4 Å². The summed E-state index contributed by atoms with van der Waals surface area (Å²) >= 11 is 0. The summed E-state index contributed by atoms with van der Waals surface area (Å²) < 4.78 is 65.7. The molecule has 2 saturated heterocycles. The molecule has 0 aliphatic carbocycles. The van der Waals surface area contributed by atoms with E-state index in [9.17, 15) is 51.3 Å². The number of rotatable bonds is 8. The molecule has 2 fully saturated rings. The van der Waals surface area contributed by atoms with Crippen LogP contribution in [-0.2, 0) is 57.3 Å². The molecule has 0 aromatic rings. The Hall–Kier alpha value is -2.66. The average Bonchev–Trinajstić information content (AvgIpc) is 3.25. The first kappa shape index (κ1) is 35.8. The van der Waals surface area contributed by atoms with Crippen molar-refractivity contribution >= 4 is 43.6 Å². The Morgan fingerprint density at radius 2 is 1.30 bits per heavy atom. The van der Waals surface area contributed by atoms with Crippen LogP contribution in [0, 0.1) is 0 Å². The number of amides is 2. The Labute approximate surface area is 252 Å². The van der Waals surface area contributed by atoms with Crippen LogP contribution in [0.25, 0.3) is 0 Å². The molecule has 8 atom stereocenters. The van der Waals surface area contributed by atoms with E-state index in [1.54, 1.807) is 0 Å². The summed E-state index contributed by atoms with van der Waals surface area (Å²) in [5.74, 6) is -1.96. The molecule has 4 aliphatic rings.